The van der Waals surface area contributed by atoms with E-state index in [1.54, 1.807) is 0 Å². The minimum absolute atomic E-state index is 1.36. The first-order valence-electron chi connectivity index (χ1n) is 10.2. The number of rotatable bonds is 12. The summed E-state index contributed by atoms with van der Waals surface area (Å²) in [5, 5.41) is 0. The summed E-state index contributed by atoms with van der Waals surface area (Å²) in [6.07, 6.45) is 21.0. The van der Waals surface area contributed by atoms with Crippen molar-refractivity contribution in [1.29, 1.82) is 0 Å². The quantitative estimate of drug-likeness (QED) is 0.315. The molecular formula is C21H48. The van der Waals surface area contributed by atoms with Gasteiger partial charge in [-0.25, -0.2) is 0 Å². The second-order valence-corrected chi connectivity index (χ2v) is 6.18. The first-order valence-corrected chi connectivity index (χ1v) is 10.2. The van der Waals surface area contributed by atoms with Gasteiger partial charge in [0.25, 0.3) is 0 Å². The summed E-state index contributed by atoms with van der Waals surface area (Å²) in [6, 6.07) is 0. The molecule has 0 rings (SSSR count). The smallest absolute Gasteiger partial charge is 0.0533 e. The molecule has 0 heterocycles. The van der Waals surface area contributed by atoms with Gasteiger partial charge in [-0.3, -0.25) is 0 Å². The Morgan fingerprint density at radius 2 is 0.381 bits per heavy atom. The predicted octanol–water partition coefficient (Wildman–Crippen LogP) is 8.93. The third-order valence-corrected chi connectivity index (χ3v) is 3.62. The molecule has 0 heteroatoms. The van der Waals surface area contributed by atoms with Gasteiger partial charge in [0.05, 0.1) is 0 Å². The molecule has 0 fully saturated rings. The van der Waals surface area contributed by atoms with Gasteiger partial charge in [-0.15, -0.1) is 0 Å². The van der Waals surface area contributed by atoms with Crippen molar-refractivity contribution in [1.82, 2.24) is 0 Å². The molecule has 0 saturated heterocycles. The minimum Gasteiger partial charge on any atom is -0.0654 e. The molecule has 0 bridgehead atoms. The maximum Gasteiger partial charge on any atom is -0.0533 e. The van der Waals surface area contributed by atoms with Crippen molar-refractivity contribution in [2.45, 2.75) is 138 Å². The largest absolute Gasteiger partial charge is 0.0654 e. The van der Waals surface area contributed by atoms with Crippen molar-refractivity contribution in [2.75, 3.05) is 0 Å². The van der Waals surface area contributed by atoms with Crippen molar-refractivity contribution in [3.8, 4) is 0 Å². The normalized spacial score (nSPS) is 9.43. The SMILES string of the molecule is CCCCCCC.CCCCCCC.CCCCCCC. The highest BCUT2D eigenvalue weighted by Gasteiger charge is 1.81. The van der Waals surface area contributed by atoms with Gasteiger partial charge in [-0.2, -0.15) is 0 Å². The van der Waals surface area contributed by atoms with E-state index in [0.717, 1.165) is 0 Å². The van der Waals surface area contributed by atoms with Gasteiger partial charge in [0, 0.05) is 0 Å². The first kappa shape index (κ1) is 25.9. The molecule has 132 valence electrons. The molecular weight excluding hydrogens is 252 g/mol. The van der Waals surface area contributed by atoms with E-state index in [4.69, 9.17) is 0 Å². The minimum atomic E-state index is 1.36. The molecule has 0 aliphatic rings. The van der Waals surface area contributed by atoms with Gasteiger partial charge < -0.3 is 0 Å². The van der Waals surface area contributed by atoms with E-state index < -0.39 is 0 Å². The average Bonchev–Trinajstić information content (AvgIpc) is 2.50. The lowest BCUT2D eigenvalue weighted by Crippen LogP contribution is -1.70. The van der Waals surface area contributed by atoms with E-state index >= 15 is 0 Å². The topological polar surface area (TPSA) is 0 Å². The molecule has 0 radical (unpaired) electrons. The fourth-order valence-electron chi connectivity index (χ4n) is 2.03. The summed E-state index contributed by atoms with van der Waals surface area (Å²) in [7, 11) is 0. The third-order valence-electron chi connectivity index (χ3n) is 3.62. The highest BCUT2D eigenvalue weighted by molar-refractivity contribution is 4.37. The van der Waals surface area contributed by atoms with Crippen LogP contribution in [-0.2, 0) is 0 Å². The zero-order chi connectivity index (χ0) is 16.6. The number of unbranched alkanes of at least 4 members (excludes halogenated alkanes) is 12. The summed E-state index contributed by atoms with van der Waals surface area (Å²) in [4.78, 5) is 0. The van der Waals surface area contributed by atoms with Crippen LogP contribution in [0.5, 0.6) is 0 Å². The van der Waals surface area contributed by atoms with Gasteiger partial charge in [-0.05, 0) is 0 Å². The zero-order valence-corrected chi connectivity index (χ0v) is 16.6. The highest BCUT2D eigenvalue weighted by Crippen LogP contribution is 2.01. The Hall–Kier alpha value is 0. The van der Waals surface area contributed by atoms with Crippen LogP contribution >= 0.6 is 0 Å². The van der Waals surface area contributed by atoms with Crippen LogP contribution in [0.3, 0.4) is 0 Å². The Bertz CT molecular complexity index is 81.4. The van der Waals surface area contributed by atoms with Crippen LogP contribution in [0.1, 0.15) is 138 Å². The third kappa shape index (κ3) is 45.0. The van der Waals surface area contributed by atoms with E-state index in [1.165, 1.54) is 96.3 Å². The van der Waals surface area contributed by atoms with E-state index in [0.29, 0.717) is 0 Å². The monoisotopic (exact) mass is 300 g/mol. The Labute approximate surface area is 138 Å². The van der Waals surface area contributed by atoms with Crippen molar-refractivity contribution in [2.24, 2.45) is 0 Å². The van der Waals surface area contributed by atoms with Gasteiger partial charge in [0.15, 0.2) is 0 Å². The van der Waals surface area contributed by atoms with Crippen molar-refractivity contribution in [3.05, 3.63) is 0 Å². The Kier molecular flexibility index (Phi) is 39.6. The van der Waals surface area contributed by atoms with Crippen molar-refractivity contribution < 1.29 is 0 Å². The van der Waals surface area contributed by atoms with Crippen molar-refractivity contribution >= 4 is 0 Å². The fraction of sp³-hybridized carbons (Fsp3) is 1.00. The molecule has 0 N–H and O–H groups in total. The van der Waals surface area contributed by atoms with E-state index in [9.17, 15) is 0 Å². The van der Waals surface area contributed by atoms with Gasteiger partial charge in [0.2, 0.25) is 0 Å². The molecule has 0 aliphatic carbocycles. The van der Waals surface area contributed by atoms with E-state index in [1.807, 2.05) is 0 Å². The Morgan fingerprint density at radius 3 is 0.476 bits per heavy atom. The summed E-state index contributed by atoms with van der Waals surface area (Å²) in [6.45, 7) is 13.5. The van der Waals surface area contributed by atoms with Crippen molar-refractivity contribution in [3.63, 3.8) is 0 Å². The van der Waals surface area contributed by atoms with Crippen LogP contribution in [-0.4, -0.2) is 0 Å². The average molecular weight is 301 g/mol. The van der Waals surface area contributed by atoms with Crippen LogP contribution in [0.25, 0.3) is 0 Å². The van der Waals surface area contributed by atoms with Gasteiger partial charge >= 0.3 is 0 Å². The standard InChI is InChI=1S/3C7H16/c3*1-3-5-7-6-4-2/h3*3-7H2,1-2H3. The predicted molar refractivity (Wildman–Crippen MR) is 103 cm³/mol. The van der Waals surface area contributed by atoms with Crippen LogP contribution in [0.4, 0.5) is 0 Å². The maximum atomic E-state index is 2.25. The van der Waals surface area contributed by atoms with Gasteiger partial charge in [-0.1, -0.05) is 138 Å². The molecule has 0 saturated carbocycles. The fourth-order valence-corrected chi connectivity index (χ4v) is 2.03. The molecule has 0 amide bonds. The zero-order valence-electron chi connectivity index (χ0n) is 16.6. The molecule has 0 spiro atoms. The lowest BCUT2D eigenvalue weighted by atomic mass is 10.2. The second kappa shape index (κ2) is 32.1. The summed E-state index contributed by atoms with van der Waals surface area (Å²) < 4.78 is 0. The molecule has 21 heavy (non-hydrogen) atoms. The molecule has 0 atom stereocenters. The van der Waals surface area contributed by atoms with Crippen LogP contribution in [0, 0.1) is 0 Å². The van der Waals surface area contributed by atoms with Gasteiger partial charge in [0.1, 0.15) is 0 Å². The molecule has 0 unspecified atom stereocenters. The summed E-state index contributed by atoms with van der Waals surface area (Å²) in [5.74, 6) is 0. The summed E-state index contributed by atoms with van der Waals surface area (Å²) >= 11 is 0. The Morgan fingerprint density at radius 1 is 0.238 bits per heavy atom. The lowest BCUT2D eigenvalue weighted by molar-refractivity contribution is 0.656. The molecule has 0 aromatic carbocycles. The molecule has 0 aromatic heterocycles. The highest BCUT2D eigenvalue weighted by atomic mass is 13.9. The molecule has 0 nitrogen and oxygen atoms in total. The Balaban J connectivity index is -0.000000231. The maximum absolute atomic E-state index is 2.25. The van der Waals surface area contributed by atoms with Crippen LogP contribution in [0.15, 0.2) is 0 Å². The summed E-state index contributed by atoms with van der Waals surface area (Å²) in [5.41, 5.74) is 0. The first-order chi connectivity index (χ1) is 10.2. The number of hydrogen-bond donors (Lipinski definition) is 0. The molecule has 0 aliphatic heterocycles. The van der Waals surface area contributed by atoms with Crippen LogP contribution in [0.2, 0.25) is 0 Å². The number of hydrogen-bond acceptors (Lipinski definition) is 0. The van der Waals surface area contributed by atoms with Crippen LogP contribution < -0.4 is 0 Å². The molecule has 0 aromatic rings. The second-order valence-electron chi connectivity index (χ2n) is 6.18. The van der Waals surface area contributed by atoms with E-state index in [-0.39, 0.29) is 0 Å². The van der Waals surface area contributed by atoms with E-state index in [2.05, 4.69) is 41.5 Å². The lowest BCUT2D eigenvalue weighted by Gasteiger charge is -1.90.